The van der Waals surface area contributed by atoms with Crippen LogP contribution in [0.5, 0.6) is 11.5 Å². The van der Waals surface area contributed by atoms with Crippen molar-refractivity contribution in [3.8, 4) is 22.6 Å². The number of aliphatic hydroxyl groups excluding tert-OH is 1. The van der Waals surface area contributed by atoms with Gasteiger partial charge in [0.05, 0.1) is 31.4 Å². The molecule has 0 saturated heterocycles. The number of aromatic nitrogens is 1. The van der Waals surface area contributed by atoms with E-state index in [0.717, 1.165) is 22.9 Å². The Kier molecular flexibility index (Phi) is 8.23. The van der Waals surface area contributed by atoms with Crippen LogP contribution in [0.2, 0.25) is 0 Å². The minimum atomic E-state index is -0.516. The predicted octanol–water partition coefficient (Wildman–Crippen LogP) is 5.49. The molecule has 0 fully saturated rings. The van der Waals surface area contributed by atoms with Crippen LogP contribution in [0.3, 0.4) is 0 Å². The Balaban J connectivity index is 1.62. The summed E-state index contributed by atoms with van der Waals surface area (Å²) in [4.78, 5) is 16.6. The maximum Gasteiger partial charge on any atom is 0.255 e. The zero-order chi connectivity index (χ0) is 25.5. The summed E-state index contributed by atoms with van der Waals surface area (Å²) in [5.41, 5.74) is 3.13. The van der Waals surface area contributed by atoms with E-state index in [9.17, 15) is 14.3 Å². The zero-order valence-electron chi connectivity index (χ0n) is 20.5. The fraction of sp³-hybridized carbons (Fsp3) is 0.276. The predicted molar refractivity (Wildman–Crippen MR) is 139 cm³/mol. The van der Waals surface area contributed by atoms with Crippen molar-refractivity contribution in [2.75, 3.05) is 19.8 Å². The average molecular weight is 491 g/mol. The van der Waals surface area contributed by atoms with Crippen molar-refractivity contribution in [2.24, 2.45) is 0 Å². The number of ether oxygens (including phenoxy) is 2. The first kappa shape index (κ1) is 25.3. The van der Waals surface area contributed by atoms with E-state index < -0.39 is 17.8 Å². The lowest BCUT2D eigenvalue weighted by Gasteiger charge is -2.18. The van der Waals surface area contributed by atoms with E-state index in [0.29, 0.717) is 42.3 Å². The topological polar surface area (TPSA) is 83.6 Å². The van der Waals surface area contributed by atoms with Gasteiger partial charge in [-0.05, 0) is 67.3 Å². The fourth-order valence-electron chi connectivity index (χ4n) is 4.19. The molecular formula is C29H31FN2O4. The summed E-state index contributed by atoms with van der Waals surface area (Å²) in [5.74, 6) is 0.136. The standard InChI is InChI=1S/C29H31FN2O4/c1-3-13-36-28-12-9-19(24-16-22(35-4-2)10-11-26(24)30)15-25(28)29(34)32-21(18-33)14-20-17-31-27-8-6-5-7-23(20)27/h5-12,15-17,21,31,33H,3-4,13-14,18H2,1-2H3,(H,32,34)/t21-/m1/s1. The quantitative estimate of drug-likeness (QED) is 0.259. The molecule has 1 aromatic heterocycles. The number of fused-ring (bicyclic) bond motifs is 1. The molecule has 0 radical (unpaired) electrons. The van der Waals surface area contributed by atoms with Crippen molar-refractivity contribution in [3.63, 3.8) is 0 Å². The van der Waals surface area contributed by atoms with E-state index in [2.05, 4.69) is 10.3 Å². The fourth-order valence-corrected chi connectivity index (χ4v) is 4.19. The second-order valence-corrected chi connectivity index (χ2v) is 8.55. The number of para-hydroxylation sites is 1. The van der Waals surface area contributed by atoms with Crippen LogP contribution in [-0.2, 0) is 6.42 Å². The average Bonchev–Trinajstić information content (AvgIpc) is 3.31. The monoisotopic (exact) mass is 490 g/mol. The molecule has 4 aromatic rings. The number of rotatable bonds is 11. The van der Waals surface area contributed by atoms with E-state index in [-0.39, 0.29) is 12.2 Å². The van der Waals surface area contributed by atoms with Crippen LogP contribution < -0.4 is 14.8 Å². The molecule has 1 heterocycles. The number of benzene rings is 3. The number of nitrogens with one attached hydrogen (secondary N) is 2. The maximum absolute atomic E-state index is 14.7. The summed E-state index contributed by atoms with van der Waals surface area (Å²) in [5, 5.41) is 14.0. The molecule has 6 nitrogen and oxygen atoms in total. The summed E-state index contributed by atoms with van der Waals surface area (Å²) < 4.78 is 26.1. The van der Waals surface area contributed by atoms with E-state index in [1.54, 1.807) is 30.3 Å². The number of amides is 1. The third-order valence-corrected chi connectivity index (χ3v) is 5.94. The number of aromatic amines is 1. The summed E-state index contributed by atoms with van der Waals surface area (Å²) >= 11 is 0. The SMILES string of the molecule is CCCOc1ccc(-c2cc(OCC)ccc2F)cc1C(=O)N[C@@H](CO)Cc1c[nH]c2ccccc12. The zero-order valence-corrected chi connectivity index (χ0v) is 20.5. The molecule has 0 saturated carbocycles. The number of halogens is 1. The highest BCUT2D eigenvalue weighted by Gasteiger charge is 2.20. The van der Waals surface area contributed by atoms with Crippen LogP contribution in [0.4, 0.5) is 4.39 Å². The first-order valence-corrected chi connectivity index (χ1v) is 12.2. The van der Waals surface area contributed by atoms with E-state index in [4.69, 9.17) is 9.47 Å². The lowest BCUT2D eigenvalue weighted by molar-refractivity contribution is 0.0912. The number of carbonyl (C=O) groups excluding carboxylic acids is 1. The largest absolute Gasteiger partial charge is 0.494 e. The van der Waals surface area contributed by atoms with Gasteiger partial charge in [0.2, 0.25) is 0 Å². The van der Waals surface area contributed by atoms with Crippen molar-refractivity contribution < 1.29 is 23.8 Å². The van der Waals surface area contributed by atoms with Gasteiger partial charge in [0, 0.05) is 22.7 Å². The van der Waals surface area contributed by atoms with E-state index in [1.165, 1.54) is 6.07 Å². The third-order valence-electron chi connectivity index (χ3n) is 5.94. The minimum absolute atomic E-state index is 0.235. The van der Waals surface area contributed by atoms with Gasteiger partial charge in [-0.15, -0.1) is 0 Å². The Morgan fingerprint density at radius 1 is 1.08 bits per heavy atom. The summed E-state index contributed by atoms with van der Waals surface area (Å²) in [6, 6.07) is 16.9. The molecule has 0 aliphatic heterocycles. The van der Waals surface area contributed by atoms with Gasteiger partial charge in [0.15, 0.2) is 0 Å². The molecule has 0 aliphatic carbocycles. The highest BCUT2D eigenvalue weighted by molar-refractivity contribution is 5.98. The summed E-state index contributed by atoms with van der Waals surface area (Å²) in [7, 11) is 0. The summed E-state index contributed by atoms with van der Waals surface area (Å²) in [6.45, 7) is 4.50. The van der Waals surface area contributed by atoms with Gasteiger partial charge in [-0.25, -0.2) is 4.39 Å². The Morgan fingerprint density at radius 3 is 2.69 bits per heavy atom. The highest BCUT2D eigenvalue weighted by atomic mass is 19.1. The molecule has 1 amide bonds. The maximum atomic E-state index is 14.7. The Bertz CT molecular complexity index is 1330. The highest BCUT2D eigenvalue weighted by Crippen LogP contribution is 2.31. The normalized spacial score (nSPS) is 11.9. The number of H-pyrrole nitrogens is 1. The smallest absolute Gasteiger partial charge is 0.255 e. The van der Waals surface area contributed by atoms with Crippen LogP contribution in [0.25, 0.3) is 22.0 Å². The van der Waals surface area contributed by atoms with Crippen LogP contribution in [-0.4, -0.2) is 41.9 Å². The molecule has 4 rings (SSSR count). The number of hydrogen-bond donors (Lipinski definition) is 3. The first-order valence-electron chi connectivity index (χ1n) is 12.2. The number of carbonyl (C=O) groups is 1. The van der Waals surface area contributed by atoms with Crippen LogP contribution in [0, 0.1) is 5.82 Å². The van der Waals surface area contributed by atoms with Crippen molar-refractivity contribution in [1.82, 2.24) is 10.3 Å². The van der Waals surface area contributed by atoms with Crippen LogP contribution >= 0.6 is 0 Å². The van der Waals surface area contributed by atoms with Gasteiger partial charge < -0.3 is 24.9 Å². The van der Waals surface area contributed by atoms with Crippen molar-refractivity contribution >= 4 is 16.8 Å². The molecule has 188 valence electrons. The molecule has 0 spiro atoms. The molecule has 0 unspecified atom stereocenters. The molecule has 7 heteroatoms. The molecule has 0 aliphatic rings. The molecule has 3 N–H and O–H groups in total. The van der Waals surface area contributed by atoms with Crippen LogP contribution in [0.1, 0.15) is 36.2 Å². The molecule has 36 heavy (non-hydrogen) atoms. The van der Waals surface area contributed by atoms with Gasteiger partial charge >= 0.3 is 0 Å². The minimum Gasteiger partial charge on any atom is -0.494 e. The van der Waals surface area contributed by atoms with Crippen molar-refractivity contribution in [2.45, 2.75) is 32.7 Å². The molecular weight excluding hydrogens is 459 g/mol. The molecule has 0 bridgehead atoms. The number of aliphatic hydroxyl groups is 1. The van der Waals surface area contributed by atoms with Gasteiger partial charge in [-0.2, -0.15) is 0 Å². The molecule has 1 atom stereocenters. The Morgan fingerprint density at radius 2 is 1.92 bits per heavy atom. The van der Waals surface area contributed by atoms with E-state index >= 15 is 0 Å². The second kappa shape index (κ2) is 11.7. The van der Waals surface area contributed by atoms with Gasteiger partial charge in [-0.3, -0.25) is 4.79 Å². The first-order chi connectivity index (χ1) is 17.5. The third kappa shape index (κ3) is 5.69. The van der Waals surface area contributed by atoms with Crippen molar-refractivity contribution in [3.05, 3.63) is 83.8 Å². The summed E-state index contributed by atoms with van der Waals surface area (Å²) in [6.07, 6.45) is 3.11. The number of hydrogen-bond acceptors (Lipinski definition) is 4. The van der Waals surface area contributed by atoms with Gasteiger partial charge in [0.1, 0.15) is 17.3 Å². The van der Waals surface area contributed by atoms with Gasteiger partial charge in [0.25, 0.3) is 5.91 Å². The second-order valence-electron chi connectivity index (χ2n) is 8.55. The van der Waals surface area contributed by atoms with Crippen molar-refractivity contribution in [1.29, 1.82) is 0 Å². The Labute approximate surface area is 210 Å². The lowest BCUT2D eigenvalue weighted by atomic mass is 10.0. The Hall–Kier alpha value is -3.84. The lowest BCUT2D eigenvalue weighted by Crippen LogP contribution is -2.39. The van der Waals surface area contributed by atoms with E-state index in [1.807, 2.05) is 44.3 Å². The van der Waals surface area contributed by atoms with Gasteiger partial charge in [-0.1, -0.05) is 31.2 Å². The van der Waals surface area contributed by atoms with Crippen LogP contribution in [0.15, 0.2) is 66.9 Å². The molecule has 3 aromatic carbocycles.